The maximum absolute atomic E-state index is 12.9. The summed E-state index contributed by atoms with van der Waals surface area (Å²) in [4.78, 5) is 12.4. The lowest BCUT2D eigenvalue weighted by molar-refractivity contribution is -0.122. The van der Waals surface area contributed by atoms with E-state index < -0.39 is 0 Å². The molecule has 0 radical (unpaired) electrons. The van der Waals surface area contributed by atoms with E-state index >= 15 is 0 Å². The van der Waals surface area contributed by atoms with Crippen molar-refractivity contribution in [3.05, 3.63) is 77.6 Å². The van der Waals surface area contributed by atoms with Crippen molar-refractivity contribution in [1.29, 1.82) is 0 Å². The predicted molar refractivity (Wildman–Crippen MR) is 102 cm³/mol. The first kappa shape index (κ1) is 17.9. The molecule has 3 rings (SSSR count). The maximum atomic E-state index is 12.9. The molecule has 3 nitrogen and oxygen atoms in total. The van der Waals surface area contributed by atoms with Crippen molar-refractivity contribution < 1.29 is 13.9 Å². The zero-order valence-corrected chi connectivity index (χ0v) is 15.0. The number of carbonyl (C=O) groups excluding carboxylic acids is 1. The van der Waals surface area contributed by atoms with Crippen molar-refractivity contribution in [1.82, 2.24) is 5.32 Å². The van der Waals surface area contributed by atoms with Crippen LogP contribution < -0.4 is 10.1 Å². The monoisotopic (exact) mass is 351 g/mol. The van der Waals surface area contributed by atoms with E-state index in [1.54, 1.807) is 19.2 Å². The minimum absolute atomic E-state index is 0.0139. The van der Waals surface area contributed by atoms with Crippen LogP contribution in [0.1, 0.15) is 24.0 Å². The van der Waals surface area contributed by atoms with Gasteiger partial charge in [0, 0.05) is 6.54 Å². The predicted octanol–water partition coefficient (Wildman–Crippen LogP) is 4.45. The minimum atomic E-state index is -0.250. The number of halogens is 1. The molecule has 0 aliphatic carbocycles. The van der Waals surface area contributed by atoms with Crippen LogP contribution >= 0.6 is 0 Å². The van der Waals surface area contributed by atoms with E-state index in [9.17, 15) is 9.18 Å². The molecule has 1 N–H and O–H groups in total. The SMILES string of the molecule is COc1ccc2cc([C@@H](C)C(=O)NCCc3ccc(F)cc3)ccc2c1. The molecule has 0 heterocycles. The van der Waals surface area contributed by atoms with Gasteiger partial charge in [-0.3, -0.25) is 4.79 Å². The largest absolute Gasteiger partial charge is 0.497 e. The Balaban J connectivity index is 1.62. The molecule has 0 bridgehead atoms. The van der Waals surface area contributed by atoms with Crippen LogP contribution in [0.3, 0.4) is 0 Å². The summed E-state index contributed by atoms with van der Waals surface area (Å²) in [6, 6.07) is 18.3. The van der Waals surface area contributed by atoms with Gasteiger partial charge in [0.2, 0.25) is 5.91 Å². The lowest BCUT2D eigenvalue weighted by atomic mass is 9.97. The normalized spacial score (nSPS) is 12.0. The van der Waals surface area contributed by atoms with Crippen LogP contribution in [0.2, 0.25) is 0 Å². The molecule has 134 valence electrons. The Hall–Kier alpha value is -2.88. The van der Waals surface area contributed by atoms with E-state index in [0.29, 0.717) is 13.0 Å². The molecule has 3 aromatic rings. The standard InChI is InChI=1S/C22H22FNO2/c1-15(22(25)24-12-11-16-3-8-20(23)9-4-16)17-5-6-19-14-21(26-2)10-7-18(19)13-17/h3-10,13-15H,11-12H2,1-2H3,(H,24,25)/t15-/m1/s1. The maximum Gasteiger partial charge on any atom is 0.227 e. The molecule has 0 spiro atoms. The molecule has 0 saturated heterocycles. The van der Waals surface area contributed by atoms with Crippen molar-refractivity contribution in [2.24, 2.45) is 0 Å². The number of rotatable bonds is 6. The number of amides is 1. The Bertz CT molecular complexity index is 906. The van der Waals surface area contributed by atoms with Crippen LogP contribution in [0.4, 0.5) is 4.39 Å². The van der Waals surface area contributed by atoms with Gasteiger partial charge in [-0.1, -0.05) is 36.4 Å². The topological polar surface area (TPSA) is 38.3 Å². The number of hydrogen-bond acceptors (Lipinski definition) is 2. The third-order valence-electron chi connectivity index (χ3n) is 4.59. The van der Waals surface area contributed by atoms with E-state index in [2.05, 4.69) is 5.32 Å². The Morgan fingerprint density at radius 2 is 1.73 bits per heavy atom. The van der Waals surface area contributed by atoms with E-state index in [1.807, 2.05) is 43.3 Å². The second kappa shape index (κ2) is 8.00. The second-order valence-electron chi connectivity index (χ2n) is 6.36. The van der Waals surface area contributed by atoms with Gasteiger partial charge in [0.15, 0.2) is 0 Å². The number of nitrogens with one attached hydrogen (secondary N) is 1. The first-order valence-electron chi connectivity index (χ1n) is 8.66. The highest BCUT2D eigenvalue weighted by Gasteiger charge is 2.15. The lowest BCUT2D eigenvalue weighted by Gasteiger charge is -2.14. The zero-order valence-electron chi connectivity index (χ0n) is 15.0. The lowest BCUT2D eigenvalue weighted by Crippen LogP contribution is -2.29. The third kappa shape index (κ3) is 4.20. The van der Waals surface area contributed by atoms with Crippen molar-refractivity contribution in [2.75, 3.05) is 13.7 Å². The van der Waals surface area contributed by atoms with Crippen molar-refractivity contribution in [3.63, 3.8) is 0 Å². The summed E-state index contributed by atoms with van der Waals surface area (Å²) in [5.74, 6) is 0.312. The molecular formula is C22H22FNO2. The van der Waals surface area contributed by atoms with E-state index in [0.717, 1.165) is 27.6 Å². The van der Waals surface area contributed by atoms with E-state index in [1.165, 1.54) is 12.1 Å². The van der Waals surface area contributed by atoms with Gasteiger partial charge in [-0.05, 0) is 59.5 Å². The molecule has 0 aliphatic rings. The van der Waals surface area contributed by atoms with Crippen LogP contribution in [0.25, 0.3) is 10.8 Å². The highest BCUT2D eigenvalue weighted by molar-refractivity contribution is 5.88. The minimum Gasteiger partial charge on any atom is -0.497 e. The molecular weight excluding hydrogens is 329 g/mol. The van der Waals surface area contributed by atoms with Gasteiger partial charge in [-0.2, -0.15) is 0 Å². The van der Waals surface area contributed by atoms with Crippen LogP contribution in [0, 0.1) is 5.82 Å². The first-order valence-corrected chi connectivity index (χ1v) is 8.66. The molecule has 26 heavy (non-hydrogen) atoms. The summed E-state index contributed by atoms with van der Waals surface area (Å²) in [6.45, 7) is 2.43. The number of ether oxygens (including phenoxy) is 1. The third-order valence-corrected chi connectivity index (χ3v) is 4.59. The molecule has 0 saturated carbocycles. The van der Waals surface area contributed by atoms with Crippen LogP contribution in [0.5, 0.6) is 5.75 Å². The van der Waals surface area contributed by atoms with Gasteiger partial charge in [0.1, 0.15) is 11.6 Å². The van der Waals surface area contributed by atoms with Gasteiger partial charge in [0.05, 0.1) is 13.0 Å². The van der Waals surface area contributed by atoms with Gasteiger partial charge in [-0.15, -0.1) is 0 Å². The van der Waals surface area contributed by atoms with Gasteiger partial charge >= 0.3 is 0 Å². The average Bonchev–Trinajstić information content (AvgIpc) is 2.68. The molecule has 4 heteroatoms. The fourth-order valence-electron chi connectivity index (χ4n) is 2.92. The van der Waals surface area contributed by atoms with Crippen LogP contribution in [0.15, 0.2) is 60.7 Å². The molecule has 0 unspecified atom stereocenters. The highest BCUT2D eigenvalue weighted by Crippen LogP contribution is 2.25. The van der Waals surface area contributed by atoms with Crippen molar-refractivity contribution in [2.45, 2.75) is 19.3 Å². The van der Waals surface area contributed by atoms with Crippen LogP contribution in [-0.4, -0.2) is 19.6 Å². The first-order chi connectivity index (χ1) is 12.6. The molecule has 0 aliphatic heterocycles. The van der Waals surface area contributed by atoms with Crippen molar-refractivity contribution in [3.8, 4) is 5.75 Å². The number of benzene rings is 3. The Kier molecular flexibility index (Phi) is 5.52. The highest BCUT2D eigenvalue weighted by atomic mass is 19.1. The number of methoxy groups -OCH3 is 1. The number of carbonyl (C=O) groups is 1. The summed E-state index contributed by atoms with van der Waals surface area (Å²) in [6.07, 6.45) is 0.677. The quantitative estimate of drug-likeness (QED) is 0.712. The summed E-state index contributed by atoms with van der Waals surface area (Å²) in [5.41, 5.74) is 1.97. The zero-order chi connectivity index (χ0) is 18.5. The molecule has 3 aromatic carbocycles. The molecule has 1 atom stereocenters. The van der Waals surface area contributed by atoms with Gasteiger partial charge in [-0.25, -0.2) is 4.39 Å². The van der Waals surface area contributed by atoms with E-state index in [-0.39, 0.29) is 17.6 Å². The van der Waals surface area contributed by atoms with Crippen LogP contribution in [-0.2, 0) is 11.2 Å². The molecule has 0 aromatic heterocycles. The number of fused-ring (bicyclic) bond motifs is 1. The summed E-state index contributed by atoms with van der Waals surface area (Å²) in [7, 11) is 1.65. The molecule has 1 amide bonds. The van der Waals surface area contributed by atoms with Gasteiger partial charge in [0.25, 0.3) is 0 Å². The van der Waals surface area contributed by atoms with Gasteiger partial charge < -0.3 is 10.1 Å². The Labute approximate surface area is 152 Å². The fraction of sp³-hybridized carbons (Fsp3) is 0.227. The van der Waals surface area contributed by atoms with Crippen molar-refractivity contribution >= 4 is 16.7 Å². The number of hydrogen-bond donors (Lipinski definition) is 1. The summed E-state index contributed by atoms with van der Waals surface area (Å²) < 4.78 is 18.1. The average molecular weight is 351 g/mol. The van der Waals surface area contributed by atoms with E-state index in [4.69, 9.17) is 4.74 Å². The fourth-order valence-corrected chi connectivity index (χ4v) is 2.92. The Morgan fingerprint density at radius 1 is 1.04 bits per heavy atom. The second-order valence-corrected chi connectivity index (χ2v) is 6.36. The summed E-state index contributed by atoms with van der Waals surface area (Å²) >= 11 is 0. The summed E-state index contributed by atoms with van der Waals surface area (Å²) in [5, 5.41) is 5.12. The molecule has 0 fully saturated rings. The Morgan fingerprint density at radius 3 is 2.46 bits per heavy atom. The smallest absolute Gasteiger partial charge is 0.227 e.